The van der Waals surface area contributed by atoms with E-state index in [0.717, 1.165) is 24.2 Å². The number of nitrogens with one attached hydrogen (secondary N) is 2. The SMILES string of the molecule is CC1CCCCN1Cc1ccccc1CNC(=O)c1ccc(CC2CC(=O)NC2=O)cc1. The number of rotatable bonds is 7. The molecular weight excluding hydrogens is 402 g/mol. The third kappa shape index (κ3) is 5.43. The number of piperidine rings is 1. The van der Waals surface area contributed by atoms with Crippen LogP contribution >= 0.6 is 0 Å². The molecule has 2 unspecified atom stereocenters. The molecule has 2 fully saturated rings. The highest BCUT2D eigenvalue weighted by atomic mass is 16.2. The maximum Gasteiger partial charge on any atom is 0.251 e. The van der Waals surface area contributed by atoms with Crippen molar-refractivity contribution in [2.75, 3.05) is 6.54 Å². The first-order valence-electron chi connectivity index (χ1n) is 11.5. The van der Waals surface area contributed by atoms with Crippen molar-refractivity contribution in [3.05, 3.63) is 70.8 Å². The Morgan fingerprint density at radius 2 is 1.81 bits per heavy atom. The van der Waals surface area contributed by atoms with Crippen LogP contribution in [0.5, 0.6) is 0 Å². The Bertz CT molecular complexity index is 986. The Kier molecular flexibility index (Phi) is 7.00. The van der Waals surface area contributed by atoms with E-state index in [1.165, 1.54) is 24.8 Å². The molecule has 4 rings (SSSR count). The van der Waals surface area contributed by atoms with Gasteiger partial charge in [-0.15, -0.1) is 0 Å². The van der Waals surface area contributed by atoms with Crippen LogP contribution in [0, 0.1) is 5.92 Å². The van der Waals surface area contributed by atoms with Crippen LogP contribution < -0.4 is 10.6 Å². The zero-order chi connectivity index (χ0) is 22.5. The van der Waals surface area contributed by atoms with E-state index in [0.29, 0.717) is 24.6 Å². The van der Waals surface area contributed by atoms with Crippen LogP contribution in [-0.2, 0) is 29.1 Å². The standard InChI is InChI=1S/C26H31N3O3/c1-18-6-4-5-13-29(18)17-22-8-3-2-7-21(22)16-27-25(31)20-11-9-19(10-12-20)14-23-15-24(30)28-26(23)32/h2-3,7-12,18,23H,4-6,13-17H2,1H3,(H,27,31)(H,28,30,32). The molecule has 2 aliphatic rings. The molecule has 2 N–H and O–H groups in total. The lowest BCUT2D eigenvalue weighted by atomic mass is 9.97. The van der Waals surface area contributed by atoms with Gasteiger partial charge in [0.25, 0.3) is 5.91 Å². The number of hydrogen-bond donors (Lipinski definition) is 2. The van der Waals surface area contributed by atoms with Crippen molar-refractivity contribution < 1.29 is 14.4 Å². The normalized spacial score (nSPS) is 21.4. The maximum absolute atomic E-state index is 12.7. The number of hydrogen-bond acceptors (Lipinski definition) is 4. The fraction of sp³-hybridized carbons (Fsp3) is 0.423. The van der Waals surface area contributed by atoms with Crippen LogP contribution in [0.25, 0.3) is 0 Å². The van der Waals surface area contributed by atoms with Crippen LogP contribution in [-0.4, -0.2) is 35.2 Å². The predicted molar refractivity (Wildman–Crippen MR) is 123 cm³/mol. The molecule has 2 aromatic rings. The van der Waals surface area contributed by atoms with Crippen molar-refractivity contribution in [2.24, 2.45) is 5.92 Å². The molecule has 0 radical (unpaired) electrons. The molecule has 3 amide bonds. The average Bonchev–Trinajstić information content (AvgIpc) is 3.11. The molecular formula is C26H31N3O3. The van der Waals surface area contributed by atoms with Gasteiger partial charge >= 0.3 is 0 Å². The largest absolute Gasteiger partial charge is 0.348 e. The molecule has 6 nitrogen and oxygen atoms in total. The molecule has 2 heterocycles. The van der Waals surface area contributed by atoms with Gasteiger partial charge in [0.15, 0.2) is 0 Å². The second kappa shape index (κ2) is 10.1. The summed E-state index contributed by atoms with van der Waals surface area (Å²) in [5, 5.41) is 5.38. The fourth-order valence-corrected chi connectivity index (χ4v) is 4.62. The number of carbonyl (C=O) groups excluding carboxylic acids is 3. The number of likely N-dealkylation sites (tertiary alicyclic amines) is 1. The molecule has 0 aliphatic carbocycles. The van der Waals surface area contributed by atoms with Gasteiger partial charge in [0, 0.05) is 31.1 Å². The summed E-state index contributed by atoms with van der Waals surface area (Å²) in [6.07, 6.45) is 4.54. The summed E-state index contributed by atoms with van der Waals surface area (Å²) in [4.78, 5) is 38.3. The molecule has 2 atom stereocenters. The monoisotopic (exact) mass is 433 g/mol. The van der Waals surface area contributed by atoms with E-state index in [4.69, 9.17) is 0 Å². The number of imide groups is 1. The van der Waals surface area contributed by atoms with Gasteiger partial charge in [-0.1, -0.05) is 42.8 Å². The number of amides is 3. The van der Waals surface area contributed by atoms with Crippen LogP contribution in [0.15, 0.2) is 48.5 Å². The average molecular weight is 434 g/mol. The van der Waals surface area contributed by atoms with Gasteiger partial charge in [-0.05, 0) is 61.6 Å². The minimum atomic E-state index is -0.318. The third-order valence-corrected chi connectivity index (χ3v) is 6.64. The van der Waals surface area contributed by atoms with Crippen LogP contribution in [0.3, 0.4) is 0 Å². The van der Waals surface area contributed by atoms with Crippen molar-refractivity contribution in [2.45, 2.75) is 58.2 Å². The quantitative estimate of drug-likeness (QED) is 0.658. The summed E-state index contributed by atoms with van der Waals surface area (Å²) < 4.78 is 0. The Labute approximate surface area is 189 Å². The lowest BCUT2D eigenvalue weighted by molar-refractivity contribution is -0.125. The summed E-state index contributed by atoms with van der Waals surface area (Å²) in [7, 11) is 0. The topological polar surface area (TPSA) is 78.5 Å². The van der Waals surface area contributed by atoms with E-state index in [2.05, 4.69) is 40.7 Å². The van der Waals surface area contributed by atoms with E-state index < -0.39 is 0 Å². The summed E-state index contributed by atoms with van der Waals surface area (Å²) in [6, 6.07) is 16.2. The van der Waals surface area contributed by atoms with Crippen molar-refractivity contribution in [1.29, 1.82) is 0 Å². The van der Waals surface area contributed by atoms with E-state index in [1.54, 1.807) is 12.1 Å². The molecule has 2 aliphatic heterocycles. The Morgan fingerprint density at radius 1 is 1.06 bits per heavy atom. The van der Waals surface area contributed by atoms with Gasteiger partial charge in [0.1, 0.15) is 0 Å². The molecule has 2 aromatic carbocycles. The first kappa shape index (κ1) is 22.2. The van der Waals surface area contributed by atoms with Gasteiger partial charge in [-0.2, -0.15) is 0 Å². The summed E-state index contributed by atoms with van der Waals surface area (Å²) in [5.41, 5.74) is 3.94. The summed E-state index contributed by atoms with van der Waals surface area (Å²) in [6.45, 7) is 4.83. The Morgan fingerprint density at radius 3 is 2.50 bits per heavy atom. The van der Waals surface area contributed by atoms with Crippen LogP contribution in [0.1, 0.15) is 59.7 Å². The summed E-state index contributed by atoms with van der Waals surface area (Å²) >= 11 is 0. The second-order valence-electron chi connectivity index (χ2n) is 8.98. The van der Waals surface area contributed by atoms with Crippen molar-refractivity contribution in [1.82, 2.24) is 15.5 Å². The van der Waals surface area contributed by atoms with Gasteiger partial charge in [-0.3, -0.25) is 24.6 Å². The lowest BCUT2D eigenvalue weighted by Crippen LogP contribution is -2.37. The first-order valence-corrected chi connectivity index (χ1v) is 11.5. The zero-order valence-corrected chi connectivity index (χ0v) is 18.6. The smallest absolute Gasteiger partial charge is 0.251 e. The molecule has 6 heteroatoms. The molecule has 168 valence electrons. The van der Waals surface area contributed by atoms with Crippen LogP contribution in [0.2, 0.25) is 0 Å². The lowest BCUT2D eigenvalue weighted by Gasteiger charge is -2.33. The molecule has 0 spiro atoms. The second-order valence-corrected chi connectivity index (χ2v) is 8.98. The zero-order valence-electron chi connectivity index (χ0n) is 18.6. The molecule has 0 saturated carbocycles. The highest BCUT2D eigenvalue weighted by molar-refractivity contribution is 6.03. The summed E-state index contributed by atoms with van der Waals surface area (Å²) in [5.74, 6) is -0.867. The van der Waals surface area contributed by atoms with Gasteiger partial charge < -0.3 is 5.32 Å². The number of nitrogens with zero attached hydrogens (tertiary/aromatic N) is 1. The molecule has 32 heavy (non-hydrogen) atoms. The highest BCUT2D eigenvalue weighted by Crippen LogP contribution is 2.21. The van der Waals surface area contributed by atoms with E-state index in [9.17, 15) is 14.4 Å². The van der Waals surface area contributed by atoms with Gasteiger partial charge in [-0.25, -0.2) is 0 Å². The number of benzene rings is 2. The minimum Gasteiger partial charge on any atom is -0.348 e. The van der Waals surface area contributed by atoms with E-state index in [-0.39, 0.29) is 30.1 Å². The van der Waals surface area contributed by atoms with Crippen LogP contribution in [0.4, 0.5) is 0 Å². The molecule has 0 aromatic heterocycles. The van der Waals surface area contributed by atoms with E-state index >= 15 is 0 Å². The number of carbonyl (C=O) groups is 3. The van der Waals surface area contributed by atoms with Crippen molar-refractivity contribution in [3.8, 4) is 0 Å². The first-order chi connectivity index (χ1) is 15.5. The van der Waals surface area contributed by atoms with E-state index in [1.807, 2.05) is 18.2 Å². The molecule has 2 saturated heterocycles. The fourth-order valence-electron chi connectivity index (χ4n) is 4.62. The Hall–Kier alpha value is -2.99. The van der Waals surface area contributed by atoms with Crippen molar-refractivity contribution in [3.63, 3.8) is 0 Å². The van der Waals surface area contributed by atoms with Gasteiger partial charge in [0.2, 0.25) is 11.8 Å². The van der Waals surface area contributed by atoms with Crippen molar-refractivity contribution >= 4 is 17.7 Å². The minimum absolute atomic E-state index is 0.119. The molecule has 0 bridgehead atoms. The third-order valence-electron chi connectivity index (χ3n) is 6.64. The highest BCUT2D eigenvalue weighted by Gasteiger charge is 2.30. The maximum atomic E-state index is 12.7. The Balaban J connectivity index is 1.34. The van der Waals surface area contributed by atoms with Gasteiger partial charge in [0.05, 0.1) is 5.92 Å². The predicted octanol–water partition coefficient (Wildman–Crippen LogP) is 3.20.